The number of aromatic nitrogens is 4. The van der Waals surface area contributed by atoms with E-state index < -0.39 is 0 Å². The van der Waals surface area contributed by atoms with Crippen molar-refractivity contribution in [3.63, 3.8) is 0 Å². The quantitative estimate of drug-likeness (QED) is 0.547. The van der Waals surface area contributed by atoms with Crippen LogP contribution < -0.4 is 10.9 Å². The van der Waals surface area contributed by atoms with Gasteiger partial charge in [-0.2, -0.15) is 0 Å². The van der Waals surface area contributed by atoms with Gasteiger partial charge in [0.15, 0.2) is 4.34 Å². The molecule has 0 radical (unpaired) electrons. The summed E-state index contributed by atoms with van der Waals surface area (Å²) in [5, 5.41) is 12.7. The maximum atomic E-state index is 12.4. The molecule has 0 aliphatic heterocycles. The number of para-hydroxylation sites is 1. The van der Waals surface area contributed by atoms with Gasteiger partial charge in [0.2, 0.25) is 5.13 Å². The number of fused-ring (bicyclic) bond motifs is 1. The smallest absolute Gasteiger partial charge is 0.261 e. The Morgan fingerprint density at radius 2 is 2.22 bits per heavy atom. The summed E-state index contributed by atoms with van der Waals surface area (Å²) >= 11 is 2.99. The van der Waals surface area contributed by atoms with E-state index >= 15 is 0 Å². The first-order valence-corrected chi connectivity index (χ1v) is 8.75. The molecule has 0 saturated heterocycles. The monoisotopic (exact) mass is 345 g/mol. The van der Waals surface area contributed by atoms with Crippen molar-refractivity contribution in [2.75, 3.05) is 11.9 Å². The van der Waals surface area contributed by atoms with E-state index in [1.807, 2.05) is 18.2 Å². The van der Waals surface area contributed by atoms with Crippen LogP contribution in [0, 0.1) is 0 Å². The first-order chi connectivity index (χ1) is 11.2. The summed E-state index contributed by atoms with van der Waals surface area (Å²) in [4.78, 5) is 16.9. The van der Waals surface area contributed by atoms with E-state index in [0.717, 1.165) is 20.8 Å². The zero-order valence-corrected chi connectivity index (χ0v) is 14.2. The molecule has 23 heavy (non-hydrogen) atoms. The summed E-state index contributed by atoms with van der Waals surface area (Å²) in [7, 11) is 1.74. The molecule has 2 heterocycles. The molecule has 0 atom stereocenters. The zero-order valence-electron chi connectivity index (χ0n) is 12.5. The minimum absolute atomic E-state index is 0.0307. The number of thioether (sulfide) groups is 1. The van der Waals surface area contributed by atoms with Crippen molar-refractivity contribution < 1.29 is 0 Å². The van der Waals surface area contributed by atoms with Crippen LogP contribution in [0.3, 0.4) is 0 Å². The molecule has 0 aliphatic carbocycles. The minimum atomic E-state index is -0.0307. The van der Waals surface area contributed by atoms with Crippen LogP contribution in [0.4, 0.5) is 5.13 Å². The summed E-state index contributed by atoms with van der Waals surface area (Å²) in [6, 6.07) is 7.38. The number of rotatable bonds is 6. The topological polar surface area (TPSA) is 72.7 Å². The number of anilines is 1. The molecule has 1 N–H and O–H groups in total. The number of nitrogens with zero attached hydrogens (tertiary/aromatic N) is 4. The molecule has 0 amide bonds. The molecule has 2 aromatic heterocycles. The molecule has 0 unspecified atom stereocenters. The zero-order chi connectivity index (χ0) is 16.2. The number of hydrogen-bond acceptors (Lipinski definition) is 7. The molecule has 3 aromatic rings. The van der Waals surface area contributed by atoms with E-state index in [1.54, 1.807) is 23.8 Å². The Morgan fingerprint density at radius 3 is 3.04 bits per heavy atom. The average Bonchev–Trinajstić information content (AvgIpc) is 3.03. The highest BCUT2D eigenvalue weighted by atomic mass is 32.2. The number of benzene rings is 1. The Kier molecular flexibility index (Phi) is 4.73. The molecule has 0 fully saturated rings. The van der Waals surface area contributed by atoms with Crippen LogP contribution in [0.1, 0.15) is 5.82 Å². The molecule has 6 nitrogen and oxygen atoms in total. The highest BCUT2D eigenvalue weighted by Crippen LogP contribution is 2.27. The summed E-state index contributed by atoms with van der Waals surface area (Å²) in [6.07, 6.45) is 1.77. The fourth-order valence-corrected chi connectivity index (χ4v) is 3.76. The maximum absolute atomic E-state index is 12.4. The van der Waals surface area contributed by atoms with E-state index in [2.05, 4.69) is 27.1 Å². The standard InChI is InChI=1S/C15H15N5OS2/c1-3-8-16-14-18-19-15(23-14)22-9-12-17-11-7-5-4-6-10(11)13(21)20(12)2/h3-7H,1,8-9H2,2H3,(H,16,18). The molecular weight excluding hydrogens is 330 g/mol. The third kappa shape index (κ3) is 3.43. The number of nitrogens with one attached hydrogen (secondary N) is 1. The van der Waals surface area contributed by atoms with Crippen molar-refractivity contribution in [3.8, 4) is 0 Å². The van der Waals surface area contributed by atoms with Gasteiger partial charge >= 0.3 is 0 Å². The van der Waals surface area contributed by atoms with E-state index in [0.29, 0.717) is 17.7 Å². The normalized spacial score (nSPS) is 10.8. The second-order valence-corrected chi connectivity index (χ2v) is 6.94. The Hall–Kier alpha value is -2.19. The molecule has 0 spiro atoms. The van der Waals surface area contributed by atoms with Gasteiger partial charge in [0.05, 0.1) is 16.7 Å². The second kappa shape index (κ2) is 6.93. The lowest BCUT2D eigenvalue weighted by Gasteiger charge is -2.07. The van der Waals surface area contributed by atoms with E-state index in [9.17, 15) is 4.79 Å². The van der Waals surface area contributed by atoms with Gasteiger partial charge in [0.25, 0.3) is 5.56 Å². The van der Waals surface area contributed by atoms with Crippen LogP contribution in [-0.4, -0.2) is 26.3 Å². The highest BCUT2D eigenvalue weighted by Gasteiger charge is 2.10. The Bertz CT molecular complexity index is 902. The second-order valence-electron chi connectivity index (χ2n) is 4.74. The fraction of sp³-hybridized carbons (Fsp3) is 0.200. The van der Waals surface area contributed by atoms with Crippen molar-refractivity contribution in [1.29, 1.82) is 0 Å². The SMILES string of the molecule is C=CCNc1nnc(SCc2nc3ccccc3c(=O)n2C)s1. The van der Waals surface area contributed by atoms with Crippen LogP contribution in [-0.2, 0) is 12.8 Å². The van der Waals surface area contributed by atoms with Crippen LogP contribution in [0.15, 0.2) is 46.1 Å². The van der Waals surface area contributed by atoms with Gasteiger partial charge in [0.1, 0.15) is 5.82 Å². The predicted molar refractivity (Wildman–Crippen MR) is 95.1 cm³/mol. The lowest BCUT2D eigenvalue weighted by atomic mass is 10.2. The van der Waals surface area contributed by atoms with Gasteiger partial charge in [-0.25, -0.2) is 4.98 Å². The predicted octanol–water partition coefficient (Wildman–Crippen LogP) is 2.68. The Balaban J connectivity index is 1.79. The van der Waals surface area contributed by atoms with Gasteiger partial charge in [-0.1, -0.05) is 41.3 Å². The molecule has 1 aromatic carbocycles. The summed E-state index contributed by atoms with van der Waals surface area (Å²) in [5.41, 5.74) is 0.689. The molecule has 0 bridgehead atoms. The minimum Gasteiger partial charge on any atom is -0.357 e. The maximum Gasteiger partial charge on any atom is 0.261 e. The Labute approximate surface area is 141 Å². The molecule has 8 heteroatoms. The molecule has 0 aliphatic rings. The lowest BCUT2D eigenvalue weighted by Crippen LogP contribution is -2.21. The lowest BCUT2D eigenvalue weighted by molar-refractivity contribution is 0.785. The average molecular weight is 345 g/mol. The molecule has 0 saturated carbocycles. The van der Waals surface area contributed by atoms with Crippen LogP contribution in [0.2, 0.25) is 0 Å². The number of hydrogen-bond donors (Lipinski definition) is 1. The van der Waals surface area contributed by atoms with Gasteiger partial charge in [-0.3, -0.25) is 9.36 Å². The van der Waals surface area contributed by atoms with E-state index in [-0.39, 0.29) is 5.56 Å². The van der Waals surface area contributed by atoms with Crippen molar-refractivity contribution in [2.45, 2.75) is 10.1 Å². The first kappa shape index (κ1) is 15.7. The van der Waals surface area contributed by atoms with Gasteiger partial charge < -0.3 is 5.32 Å². The highest BCUT2D eigenvalue weighted by molar-refractivity contribution is 8.00. The van der Waals surface area contributed by atoms with E-state index in [4.69, 9.17) is 0 Å². The van der Waals surface area contributed by atoms with Crippen LogP contribution in [0.5, 0.6) is 0 Å². The molecular formula is C15H15N5OS2. The van der Waals surface area contributed by atoms with Gasteiger partial charge in [-0.05, 0) is 12.1 Å². The van der Waals surface area contributed by atoms with Gasteiger partial charge in [-0.15, -0.1) is 16.8 Å². The summed E-state index contributed by atoms with van der Waals surface area (Å²) in [5.74, 6) is 1.28. The van der Waals surface area contributed by atoms with Crippen molar-refractivity contribution in [1.82, 2.24) is 19.7 Å². The summed E-state index contributed by atoms with van der Waals surface area (Å²) in [6.45, 7) is 4.30. The third-order valence-electron chi connectivity index (χ3n) is 3.20. The van der Waals surface area contributed by atoms with Crippen LogP contribution >= 0.6 is 23.1 Å². The third-order valence-corrected chi connectivity index (χ3v) is 5.21. The van der Waals surface area contributed by atoms with Crippen molar-refractivity contribution >= 4 is 39.1 Å². The van der Waals surface area contributed by atoms with Crippen molar-refractivity contribution in [2.24, 2.45) is 7.05 Å². The molecule has 118 valence electrons. The van der Waals surface area contributed by atoms with Gasteiger partial charge in [0, 0.05) is 13.6 Å². The largest absolute Gasteiger partial charge is 0.357 e. The fourth-order valence-electron chi connectivity index (χ4n) is 2.02. The molecule has 3 rings (SSSR count). The van der Waals surface area contributed by atoms with E-state index in [1.165, 1.54) is 23.1 Å². The Morgan fingerprint density at radius 1 is 1.39 bits per heavy atom. The summed E-state index contributed by atoms with van der Waals surface area (Å²) < 4.78 is 2.42. The first-order valence-electron chi connectivity index (χ1n) is 6.94. The van der Waals surface area contributed by atoms with Crippen molar-refractivity contribution in [3.05, 3.63) is 53.1 Å². The van der Waals surface area contributed by atoms with Crippen LogP contribution in [0.25, 0.3) is 10.9 Å².